The molecule has 3 nitrogen and oxygen atoms in total. The minimum Gasteiger partial charge on any atom is -0.311 e. The first kappa shape index (κ1) is 38.3. The lowest BCUT2D eigenvalue weighted by atomic mass is 10.0. The zero-order valence-electron chi connectivity index (χ0n) is 33.5. The Labute approximate surface area is 349 Å². The summed E-state index contributed by atoms with van der Waals surface area (Å²) < 4.78 is 0. The molecule has 0 N–H and O–H groups in total. The molecule has 9 rings (SSSR count). The maximum Gasteiger partial charge on any atom is 0.0464 e. The van der Waals surface area contributed by atoms with Gasteiger partial charge in [0, 0.05) is 51.2 Å². The van der Waals surface area contributed by atoms with Gasteiger partial charge in [0.1, 0.15) is 0 Å². The summed E-state index contributed by atoms with van der Waals surface area (Å²) in [5.74, 6) is 0. The summed E-state index contributed by atoms with van der Waals surface area (Å²) in [5, 5.41) is 0. The highest BCUT2D eigenvalue weighted by Gasteiger charge is 2.15. The summed E-state index contributed by atoms with van der Waals surface area (Å²) >= 11 is 0. The van der Waals surface area contributed by atoms with Gasteiger partial charge in [0.15, 0.2) is 0 Å². The Morgan fingerprint density at radius 3 is 0.678 bits per heavy atom. The summed E-state index contributed by atoms with van der Waals surface area (Å²) in [4.78, 5) is 6.86. The Morgan fingerprint density at radius 1 is 0.203 bits per heavy atom. The second kappa shape index (κ2) is 18.5. The molecule has 0 amide bonds. The van der Waals surface area contributed by atoms with E-state index in [2.05, 4.69) is 259 Å². The largest absolute Gasteiger partial charge is 0.311 e. The van der Waals surface area contributed by atoms with Crippen molar-refractivity contribution in [2.75, 3.05) is 14.7 Å². The lowest BCUT2D eigenvalue weighted by Gasteiger charge is -2.26. The van der Waals surface area contributed by atoms with Gasteiger partial charge in [-0.3, -0.25) is 0 Å². The van der Waals surface area contributed by atoms with Crippen molar-refractivity contribution in [3.63, 3.8) is 0 Å². The van der Waals surface area contributed by atoms with Gasteiger partial charge in [-0.05, 0) is 145 Å². The average molecular weight is 762 g/mol. The quantitative estimate of drug-likeness (QED) is 0.137. The molecule has 9 aromatic carbocycles. The van der Waals surface area contributed by atoms with Crippen LogP contribution in [0.2, 0.25) is 0 Å². The fraction of sp³-hybridized carbons (Fsp3) is 0.0357. The first-order chi connectivity index (χ1) is 29.1. The average Bonchev–Trinajstić information content (AvgIpc) is 3.29. The number of hydrogen-bond acceptors (Lipinski definition) is 3. The fourth-order valence-electron chi connectivity index (χ4n) is 7.37. The van der Waals surface area contributed by atoms with Crippen LogP contribution in [0.3, 0.4) is 0 Å². The minimum absolute atomic E-state index is 1.13. The van der Waals surface area contributed by atoms with Crippen LogP contribution in [-0.4, -0.2) is 0 Å². The van der Waals surface area contributed by atoms with E-state index in [4.69, 9.17) is 0 Å². The number of para-hydroxylation sites is 5. The van der Waals surface area contributed by atoms with Crippen molar-refractivity contribution in [3.8, 4) is 11.1 Å². The SMILES string of the molecule is Cc1cccc(N(c2ccccc2)c2ccc(-c3ccc(N(c4ccccc4)c4cccc(C)c4)cc3)cc2)c1.c1ccc(N(c2ccccc2)c2ccccc2)cc1. The minimum atomic E-state index is 1.13. The Balaban J connectivity index is 0.000000212. The summed E-state index contributed by atoms with van der Waals surface area (Å²) in [5.41, 5.74) is 15.2. The molecule has 9 aromatic rings. The summed E-state index contributed by atoms with van der Waals surface area (Å²) in [7, 11) is 0. The molecule has 0 aliphatic heterocycles. The predicted octanol–water partition coefficient (Wildman–Crippen LogP) is 16.1. The number of nitrogens with zero attached hydrogens (tertiary/aromatic N) is 3. The second-order valence-electron chi connectivity index (χ2n) is 14.5. The van der Waals surface area contributed by atoms with Gasteiger partial charge < -0.3 is 14.7 Å². The van der Waals surface area contributed by atoms with E-state index in [9.17, 15) is 0 Å². The van der Waals surface area contributed by atoms with Gasteiger partial charge in [-0.15, -0.1) is 0 Å². The molecular weight excluding hydrogens is 715 g/mol. The Morgan fingerprint density at radius 2 is 0.424 bits per heavy atom. The Hall–Kier alpha value is -7.62. The first-order valence-corrected chi connectivity index (χ1v) is 20.1. The van der Waals surface area contributed by atoms with Crippen molar-refractivity contribution >= 4 is 51.2 Å². The van der Waals surface area contributed by atoms with Crippen molar-refractivity contribution in [1.29, 1.82) is 0 Å². The lowest BCUT2D eigenvalue weighted by molar-refractivity contribution is 1.27. The molecular formula is C56H47N3. The van der Waals surface area contributed by atoms with Crippen molar-refractivity contribution in [3.05, 3.63) is 260 Å². The van der Waals surface area contributed by atoms with E-state index >= 15 is 0 Å². The highest BCUT2D eigenvalue weighted by atomic mass is 15.2. The van der Waals surface area contributed by atoms with Crippen LogP contribution in [0.1, 0.15) is 11.1 Å². The summed E-state index contributed by atoms with van der Waals surface area (Å²) in [6, 6.07) is 87.3. The number of aryl methyl sites for hydroxylation is 2. The zero-order chi connectivity index (χ0) is 40.2. The Kier molecular flexibility index (Phi) is 12.0. The standard InChI is InChI=1S/C38H32N2.C18H15N/c1-29-11-9-17-37(27-29)39(33-13-5-3-6-14-33)35-23-19-31(20-24-35)32-21-25-36(26-22-32)40(34-15-7-4-8-16-34)38-18-10-12-30(2)28-38;1-4-10-16(11-5-1)19(17-12-6-2-7-13-17)18-14-8-3-9-15-18/h3-28H,1-2H3;1-15H. The highest BCUT2D eigenvalue weighted by Crippen LogP contribution is 2.38. The van der Waals surface area contributed by atoms with E-state index in [0.717, 1.165) is 34.1 Å². The van der Waals surface area contributed by atoms with E-state index in [1.807, 2.05) is 18.2 Å². The zero-order valence-corrected chi connectivity index (χ0v) is 33.5. The van der Waals surface area contributed by atoms with E-state index in [1.165, 1.54) is 39.3 Å². The Bertz CT molecular complexity index is 2420. The van der Waals surface area contributed by atoms with E-state index in [0.29, 0.717) is 0 Å². The van der Waals surface area contributed by atoms with E-state index < -0.39 is 0 Å². The molecule has 0 heterocycles. The fourth-order valence-corrected chi connectivity index (χ4v) is 7.37. The van der Waals surface area contributed by atoms with Crippen LogP contribution < -0.4 is 14.7 Å². The molecule has 0 saturated heterocycles. The molecule has 0 atom stereocenters. The lowest BCUT2D eigenvalue weighted by Crippen LogP contribution is -2.10. The third-order valence-electron chi connectivity index (χ3n) is 10.2. The predicted molar refractivity (Wildman–Crippen MR) is 252 cm³/mol. The summed E-state index contributed by atoms with van der Waals surface area (Å²) in [6.45, 7) is 4.27. The van der Waals surface area contributed by atoms with Crippen molar-refractivity contribution < 1.29 is 0 Å². The van der Waals surface area contributed by atoms with Gasteiger partial charge in [0.2, 0.25) is 0 Å². The van der Waals surface area contributed by atoms with Crippen molar-refractivity contribution in [2.24, 2.45) is 0 Å². The van der Waals surface area contributed by atoms with Gasteiger partial charge in [-0.1, -0.05) is 140 Å². The molecule has 0 aromatic heterocycles. The normalized spacial score (nSPS) is 10.5. The smallest absolute Gasteiger partial charge is 0.0464 e. The number of hydrogen-bond donors (Lipinski definition) is 0. The second-order valence-corrected chi connectivity index (χ2v) is 14.5. The molecule has 3 heteroatoms. The molecule has 0 fully saturated rings. The third kappa shape index (κ3) is 9.34. The molecule has 0 spiro atoms. The van der Waals surface area contributed by atoms with Crippen LogP contribution in [0.4, 0.5) is 51.2 Å². The first-order valence-electron chi connectivity index (χ1n) is 20.1. The van der Waals surface area contributed by atoms with Crippen LogP contribution in [0.5, 0.6) is 0 Å². The van der Waals surface area contributed by atoms with Gasteiger partial charge in [-0.25, -0.2) is 0 Å². The number of anilines is 9. The van der Waals surface area contributed by atoms with E-state index in [-0.39, 0.29) is 0 Å². The number of benzene rings is 9. The van der Waals surface area contributed by atoms with Gasteiger partial charge in [0.25, 0.3) is 0 Å². The molecule has 286 valence electrons. The molecule has 0 aliphatic rings. The van der Waals surface area contributed by atoms with Gasteiger partial charge >= 0.3 is 0 Å². The monoisotopic (exact) mass is 761 g/mol. The maximum atomic E-state index is 2.31. The topological polar surface area (TPSA) is 9.72 Å². The molecule has 59 heavy (non-hydrogen) atoms. The van der Waals surface area contributed by atoms with Gasteiger partial charge in [-0.2, -0.15) is 0 Å². The van der Waals surface area contributed by atoms with E-state index in [1.54, 1.807) is 0 Å². The summed E-state index contributed by atoms with van der Waals surface area (Å²) in [6.07, 6.45) is 0. The van der Waals surface area contributed by atoms with Crippen LogP contribution in [0, 0.1) is 13.8 Å². The highest BCUT2D eigenvalue weighted by molar-refractivity contribution is 5.81. The van der Waals surface area contributed by atoms with Crippen molar-refractivity contribution in [2.45, 2.75) is 13.8 Å². The molecule has 0 aliphatic carbocycles. The van der Waals surface area contributed by atoms with Crippen LogP contribution in [0.25, 0.3) is 11.1 Å². The molecule has 0 bridgehead atoms. The van der Waals surface area contributed by atoms with Crippen molar-refractivity contribution in [1.82, 2.24) is 0 Å². The molecule has 0 unspecified atom stereocenters. The third-order valence-corrected chi connectivity index (χ3v) is 10.2. The maximum absolute atomic E-state index is 2.31. The van der Waals surface area contributed by atoms with Gasteiger partial charge in [0.05, 0.1) is 0 Å². The molecule has 0 radical (unpaired) electrons. The van der Waals surface area contributed by atoms with Crippen LogP contribution in [-0.2, 0) is 0 Å². The molecule has 0 saturated carbocycles. The van der Waals surface area contributed by atoms with Crippen LogP contribution >= 0.6 is 0 Å². The van der Waals surface area contributed by atoms with Crippen LogP contribution in [0.15, 0.2) is 249 Å². The number of rotatable bonds is 10.